The lowest BCUT2D eigenvalue weighted by Gasteiger charge is -2.24. The lowest BCUT2D eigenvalue weighted by Crippen LogP contribution is -2.20. The van der Waals surface area contributed by atoms with Crippen molar-refractivity contribution in [1.29, 1.82) is 0 Å². The van der Waals surface area contributed by atoms with Gasteiger partial charge >= 0.3 is 0 Å². The summed E-state index contributed by atoms with van der Waals surface area (Å²) in [7, 11) is 0. The van der Waals surface area contributed by atoms with E-state index in [4.69, 9.17) is 0 Å². The molecule has 4 rings (SSSR count). The van der Waals surface area contributed by atoms with Gasteiger partial charge in [-0.05, 0) is 32.3 Å². The van der Waals surface area contributed by atoms with E-state index in [1.165, 1.54) is 16.9 Å². The smallest absolute Gasteiger partial charge is 0.251 e. The summed E-state index contributed by atoms with van der Waals surface area (Å²) < 4.78 is 0. The zero-order chi connectivity index (χ0) is 16.7. The summed E-state index contributed by atoms with van der Waals surface area (Å²) in [6, 6.07) is 1.55. The first-order valence-electron chi connectivity index (χ1n) is 8.16. The molecule has 0 amide bonds. The number of aromatic amines is 1. The zero-order valence-corrected chi connectivity index (χ0v) is 14.5. The third kappa shape index (κ3) is 2.69. The van der Waals surface area contributed by atoms with Crippen LogP contribution in [0.5, 0.6) is 0 Å². The highest BCUT2D eigenvalue weighted by atomic mass is 32.1. The molecule has 0 saturated heterocycles. The van der Waals surface area contributed by atoms with E-state index >= 15 is 0 Å². The van der Waals surface area contributed by atoms with Crippen LogP contribution >= 0.6 is 11.3 Å². The van der Waals surface area contributed by atoms with Gasteiger partial charge in [-0.1, -0.05) is 6.42 Å². The molecule has 7 heteroatoms. The van der Waals surface area contributed by atoms with Crippen LogP contribution < -0.4 is 10.9 Å². The maximum absolute atomic E-state index is 11.9. The minimum atomic E-state index is -0.0842. The van der Waals surface area contributed by atoms with Crippen LogP contribution in [0.25, 0.3) is 10.2 Å². The highest BCUT2D eigenvalue weighted by molar-refractivity contribution is 7.18. The first kappa shape index (κ1) is 15.3. The second-order valence-corrected chi connectivity index (χ2v) is 7.49. The maximum Gasteiger partial charge on any atom is 0.251 e. The monoisotopic (exact) mass is 341 g/mol. The van der Waals surface area contributed by atoms with Gasteiger partial charge in [-0.2, -0.15) is 0 Å². The van der Waals surface area contributed by atoms with Gasteiger partial charge < -0.3 is 10.3 Å². The second-order valence-electron chi connectivity index (χ2n) is 6.29. The Labute approximate surface area is 143 Å². The number of hydrogen-bond acceptors (Lipinski definition) is 6. The second kappa shape index (κ2) is 5.98. The molecule has 6 nitrogen and oxygen atoms in total. The minimum Gasteiger partial charge on any atom is -0.364 e. The molecule has 3 heterocycles. The lowest BCUT2D eigenvalue weighted by atomic mass is 9.85. The van der Waals surface area contributed by atoms with Crippen molar-refractivity contribution in [3.05, 3.63) is 44.7 Å². The SMILES string of the molecule is Cc1sc2ncnc(NCc3cc(=O)[nH]c(C4CCC4)n3)c2c1C. The van der Waals surface area contributed by atoms with E-state index < -0.39 is 0 Å². The van der Waals surface area contributed by atoms with Crippen LogP contribution in [0, 0.1) is 13.8 Å². The molecular weight excluding hydrogens is 322 g/mol. The average Bonchev–Trinajstić information content (AvgIpc) is 2.78. The van der Waals surface area contributed by atoms with Crippen molar-refractivity contribution >= 4 is 27.4 Å². The highest BCUT2D eigenvalue weighted by Crippen LogP contribution is 2.34. The number of thiophene rings is 1. The van der Waals surface area contributed by atoms with Gasteiger partial charge in [-0.3, -0.25) is 4.79 Å². The van der Waals surface area contributed by atoms with Crippen molar-refractivity contribution in [1.82, 2.24) is 19.9 Å². The highest BCUT2D eigenvalue weighted by Gasteiger charge is 2.22. The Morgan fingerprint density at radius 3 is 2.92 bits per heavy atom. The van der Waals surface area contributed by atoms with Crippen molar-refractivity contribution in [2.75, 3.05) is 5.32 Å². The summed E-state index contributed by atoms with van der Waals surface area (Å²) >= 11 is 1.67. The Morgan fingerprint density at radius 2 is 2.17 bits per heavy atom. The van der Waals surface area contributed by atoms with E-state index in [0.717, 1.165) is 40.4 Å². The molecule has 3 aromatic heterocycles. The summed E-state index contributed by atoms with van der Waals surface area (Å²) in [5, 5.41) is 4.39. The Morgan fingerprint density at radius 1 is 1.33 bits per heavy atom. The fourth-order valence-corrected chi connectivity index (χ4v) is 3.98. The van der Waals surface area contributed by atoms with Crippen molar-refractivity contribution in [3.8, 4) is 0 Å². The quantitative estimate of drug-likeness (QED) is 0.761. The summed E-state index contributed by atoms with van der Waals surface area (Å²) in [5.41, 5.74) is 1.86. The molecule has 0 spiro atoms. The molecule has 0 aliphatic heterocycles. The van der Waals surface area contributed by atoms with Crippen molar-refractivity contribution in [3.63, 3.8) is 0 Å². The van der Waals surface area contributed by atoms with Crippen LogP contribution in [0.15, 0.2) is 17.2 Å². The number of nitrogens with zero attached hydrogens (tertiary/aromatic N) is 3. The fraction of sp³-hybridized carbons (Fsp3) is 0.412. The van der Waals surface area contributed by atoms with Gasteiger partial charge in [0.15, 0.2) is 0 Å². The molecule has 124 valence electrons. The van der Waals surface area contributed by atoms with Crippen LogP contribution in [-0.4, -0.2) is 19.9 Å². The number of aromatic nitrogens is 4. The molecule has 1 aliphatic rings. The van der Waals surface area contributed by atoms with Gasteiger partial charge in [-0.25, -0.2) is 15.0 Å². The maximum atomic E-state index is 11.9. The Balaban J connectivity index is 1.61. The fourth-order valence-electron chi connectivity index (χ4n) is 2.98. The van der Waals surface area contributed by atoms with Gasteiger partial charge in [0.05, 0.1) is 17.6 Å². The molecule has 0 bridgehead atoms. The number of nitrogens with one attached hydrogen (secondary N) is 2. The topological polar surface area (TPSA) is 83.6 Å². The van der Waals surface area contributed by atoms with Crippen LogP contribution in [0.3, 0.4) is 0 Å². The number of anilines is 1. The van der Waals surface area contributed by atoms with E-state index in [-0.39, 0.29) is 5.56 Å². The molecule has 1 aliphatic carbocycles. The molecule has 0 atom stereocenters. The number of fused-ring (bicyclic) bond motifs is 1. The standard InChI is InChI=1S/C17H19N5OS/c1-9-10(2)24-17-14(9)16(19-8-20-17)18-7-12-6-13(23)22-15(21-12)11-4-3-5-11/h6,8,11H,3-5,7H2,1-2H3,(H,18,19,20)(H,21,22,23). The molecule has 24 heavy (non-hydrogen) atoms. The van der Waals surface area contributed by atoms with Gasteiger partial charge in [0, 0.05) is 16.9 Å². The number of hydrogen-bond donors (Lipinski definition) is 2. The third-order valence-electron chi connectivity index (χ3n) is 4.71. The van der Waals surface area contributed by atoms with E-state index in [0.29, 0.717) is 12.5 Å². The van der Waals surface area contributed by atoms with Crippen molar-refractivity contribution < 1.29 is 0 Å². The molecule has 0 unspecified atom stereocenters. The Kier molecular flexibility index (Phi) is 3.80. The first-order valence-corrected chi connectivity index (χ1v) is 8.98. The van der Waals surface area contributed by atoms with Gasteiger partial charge in [0.2, 0.25) is 0 Å². The summed E-state index contributed by atoms with van der Waals surface area (Å²) in [6.45, 7) is 4.65. The van der Waals surface area contributed by atoms with Crippen molar-refractivity contribution in [2.24, 2.45) is 0 Å². The third-order valence-corrected chi connectivity index (χ3v) is 5.82. The van der Waals surface area contributed by atoms with E-state index in [1.54, 1.807) is 23.7 Å². The van der Waals surface area contributed by atoms with Gasteiger partial charge in [0.25, 0.3) is 5.56 Å². The number of rotatable bonds is 4. The van der Waals surface area contributed by atoms with E-state index in [9.17, 15) is 4.79 Å². The summed E-state index contributed by atoms with van der Waals surface area (Å²) in [6.07, 6.45) is 5.01. The predicted octanol–water partition coefficient (Wildman–Crippen LogP) is 3.27. The number of H-pyrrole nitrogens is 1. The molecule has 0 radical (unpaired) electrons. The molecule has 3 aromatic rings. The van der Waals surface area contributed by atoms with Crippen LogP contribution in [0.2, 0.25) is 0 Å². The largest absolute Gasteiger partial charge is 0.364 e. The average molecular weight is 341 g/mol. The Bertz CT molecular complexity index is 957. The van der Waals surface area contributed by atoms with E-state index in [1.807, 2.05) is 0 Å². The van der Waals surface area contributed by atoms with Gasteiger partial charge in [-0.15, -0.1) is 11.3 Å². The molecule has 2 N–H and O–H groups in total. The van der Waals surface area contributed by atoms with Crippen molar-refractivity contribution in [2.45, 2.75) is 45.6 Å². The van der Waals surface area contributed by atoms with E-state index in [2.05, 4.69) is 39.1 Å². The summed E-state index contributed by atoms with van der Waals surface area (Å²) in [5.74, 6) is 2.03. The molecule has 1 saturated carbocycles. The minimum absolute atomic E-state index is 0.0842. The molecule has 0 aromatic carbocycles. The number of aryl methyl sites for hydroxylation is 2. The lowest BCUT2D eigenvalue weighted by molar-refractivity contribution is 0.399. The summed E-state index contributed by atoms with van der Waals surface area (Å²) in [4.78, 5) is 30.3. The van der Waals surface area contributed by atoms with Gasteiger partial charge in [0.1, 0.15) is 22.8 Å². The zero-order valence-electron chi connectivity index (χ0n) is 13.7. The Hall–Kier alpha value is -2.28. The van der Waals surface area contributed by atoms with Crippen LogP contribution in [0.4, 0.5) is 5.82 Å². The predicted molar refractivity (Wildman–Crippen MR) is 95.7 cm³/mol. The first-order chi connectivity index (χ1) is 11.6. The normalized spacial score (nSPS) is 14.8. The van der Waals surface area contributed by atoms with Crippen LogP contribution in [-0.2, 0) is 6.54 Å². The van der Waals surface area contributed by atoms with Crippen LogP contribution in [0.1, 0.15) is 47.1 Å². The molecule has 1 fully saturated rings. The molecular formula is C17H19N5OS.